The van der Waals surface area contributed by atoms with Crippen LogP contribution in [0.3, 0.4) is 0 Å². The molecule has 1 amide bonds. The zero-order chi connectivity index (χ0) is 14.8. The Balaban J connectivity index is 1.71. The van der Waals surface area contributed by atoms with E-state index in [1.807, 2.05) is 19.1 Å². The number of aromatic nitrogens is 3. The van der Waals surface area contributed by atoms with E-state index < -0.39 is 0 Å². The Morgan fingerprint density at radius 1 is 1.38 bits per heavy atom. The molecule has 3 heterocycles. The summed E-state index contributed by atoms with van der Waals surface area (Å²) in [5.74, 6) is 2.11. The number of fused-ring (bicyclic) bond motifs is 1. The molecule has 0 saturated carbocycles. The van der Waals surface area contributed by atoms with Crippen molar-refractivity contribution in [2.45, 2.75) is 20.3 Å². The van der Waals surface area contributed by atoms with Crippen molar-refractivity contribution in [3.63, 3.8) is 0 Å². The van der Waals surface area contributed by atoms with Gasteiger partial charge in [-0.25, -0.2) is 9.97 Å². The van der Waals surface area contributed by atoms with Gasteiger partial charge in [0.05, 0.1) is 5.69 Å². The van der Waals surface area contributed by atoms with Gasteiger partial charge in [-0.2, -0.15) is 0 Å². The summed E-state index contributed by atoms with van der Waals surface area (Å²) < 4.78 is 7.17. The van der Waals surface area contributed by atoms with E-state index in [0.717, 1.165) is 11.5 Å². The monoisotopic (exact) mass is 284 g/mol. The number of aryl methyl sites for hydroxylation is 2. The molecule has 1 N–H and O–H groups in total. The maximum absolute atomic E-state index is 12.3. The molecule has 0 radical (unpaired) electrons. The molecule has 0 aromatic carbocycles. The number of nitrogens with zero attached hydrogens (tertiary/aromatic N) is 3. The molecule has 0 saturated heterocycles. The van der Waals surface area contributed by atoms with E-state index >= 15 is 0 Å². The molecule has 0 aliphatic heterocycles. The normalized spacial score (nSPS) is 11.0. The van der Waals surface area contributed by atoms with Crippen molar-refractivity contribution in [3.8, 4) is 0 Å². The highest BCUT2D eigenvalue weighted by molar-refractivity contribution is 5.94. The van der Waals surface area contributed by atoms with Crippen molar-refractivity contribution in [2.24, 2.45) is 0 Å². The van der Waals surface area contributed by atoms with E-state index in [0.29, 0.717) is 30.1 Å². The fraction of sp³-hybridized carbons (Fsp3) is 0.267. The van der Waals surface area contributed by atoms with Crippen LogP contribution in [-0.2, 0) is 6.42 Å². The van der Waals surface area contributed by atoms with Crippen molar-refractivity contribution in [3.05, 3.63) is 53.5 Å². The van der Waals surface area contributed by atoms with Crippen molar-refractivity contribution in [1.82, 2.24) is 19.7 Å². The molecular weight excluding hydrogens is 268 g/mol. The first-order valence-electron chi connectivity index (χ1n) is 6.78. The standard InChI is InChI=1S/C15H16N4O2/c1-10-4-5-12(21-10)6-8-16-14(20)13-11(2)18-15-17-7-3-9-19(13)15/h3-5,7,9H,6,8H2,1-2H3,(H,16,20). The maximum Gasteiger partial charge on any atom is 0.270 e. The first kappa shape index (κ1) is 13.4. The lowest BCUT2D eigenvalue weighted by atomic mass is 10.3. The summed E-state index contributed by atoms with van der Waals surface area (Å²) in [7, 11) is 0. The van der Waals surface area contributed by atoms with Gasteiger partial charge in [-0.1, -0.05) is 0 Å². The van der Waals surface area contributed by atoms with Crippen LogP contribution in [0.15, 0.2) is 35.0 Å². The van der Waals surface area contributed by atoms with Crippen LogP contribution in [0.4, 0.5) is 0 Å². The molecule has 0 atom stereocenters. The molecule has 0 aliphatic carbocycles. The third-order valence-corrected chi connectivity index (χ3v) is 3.25. The maximum atomic E-state index is 12.3. The molecule has 0 spiro atoms. The van der Waals surface area contributed by atoms with E-state index in [9.17, 15) is 4.79 Å². The number of carbonyl (C=O) groups is 1. The Morgan fingerprint density at radius 2 is 2.24 bits per heavy atom. The summed E-state index contributed by atoms with van der Waals surface area (Å²) in [6, 6.07) is 5.61. The van der Waals surface area contributed by atoms with Gasteiger partial charge in [0.15, 0.2) is 0 Å². The van der Waals surface area contributed by atoms with Crippen molar-refractivity contribution >= 4 is 11.7 Å². The van der Waals surface area contributed by atoms with Crippen LogP contribution in [0.25, 0.3) is 5.78 Å². The van der Waals surface area contributed by atoms with E-state index in [2.05, 4.69) is 15.3 Å². The number of furan rings is 1. The fourth-order valence-electron chi connectivity index (χ4n) is 2.27. The Labute approximate surface area is 121 Å². The number of carbonyl (C=O) groups excluding carboxylic acids is 1. The van der Waals surface area contributed by atoms with Gasteiger partial charge in [0.2, 0.25) is 5.78 Å². The number of amides is 1. The highest BCUT2D eigenvalue weighted by Crippen LogP contribution is 2.10. The second kappa shape index (κ2) is 5.40. The molecule has 6 nitrogen and oxygen atoms in total. The van der Waals surface area contributed by atoms with Crippen LogP contribution < -0.4 is 5.32 Å². The van der Waals surface area contributed by atoms with Crippen molar-refractivity contribution in [2.75, 3.05) is 6.54 Å². The Morgan fingerprint density at radius 3 is 3.00 bits per heavy atom. The molecule has 6 heteroatoms. The molecule has 3 aromatic heterocycles. The van der Waals surface area contributed by atoms with Gasteiger partial charge in [-0.3, -0.25) is 9.20 Å². The van der Waals surface area contributed by atoms with Crippen LogP contribution in [-0.4, -0.2) is 26.8 Å². The summed E-state index contributed by atoms with van der Waals surface area (Å²) in [5.41, 5.74) is 1.19. The van der Waals surface area contributed by atoms with Gasteiger partial charge < -0.3 is 9.73 Å². The van der Waals surface area contributed by atoms with E-state index in [1.165, 1.54) is 0 Å². The number of nitrogens with one attached hydrogen (secondary N) is 1. The van der Waals surface area contributed by atoms with Gasteiger partial charge in [-0.05, 0) is 32.0 Å². The second-order valence-electron chi connectivity index (χ2n) is 4.85. The van der Waals surface area contributed by atoms with E-state index in [1.54, 1.807) is 29.8 Å². The highest BCUT2D eigenvalue weighted by Gasteiger charge is 2.16. The molecule has 0 unspecified atom stereocenters. The SMILES string of the molecule is Cc1ccc(CCNC(=O)c2c(C)nc3ncccn23)o1. The summed E-state index contributed by atoms with van der Waals surface area (Å²) in [4.78, 5) is 20.7. The Hall–Kier alpha value is -2.63. The smallest absolute Gasteiger partial charge is 0.270 e. The van der Waals surface area contributed by atoms with Gasteiger partial charge in [0, 0.05) is 25.4 Å². The average molecular weight is 284 g/mol. The lowest BCUT2D eigenvalue weighted by Crippen LogP contribution is -2.27. The molecular formula is C15H16N4O2. The Bertz CT molecular complexity index is 788. The van der Waals surface area contributed by atoms with Crippen molar-refractivity contribution in [1.29, 1.82) is 0 Å². The Kier molecular flexibility index (Phi) is 3.43. The lowest BCUT2D eigenvalue weighted by molar-refractivity contribution is 0.0947. The molecule has 0 bridgehead atoms. The van der Waals surface area contributed by atoms with Gasteiger partial charge in [-0.15, -0.1) is 0 Å². The summed E-state index contributed by atoms with van der Waals surface area (Å²) >= 11 is 0. The number of hydrogen-bond acceptors (Lipinski definition) is 4. The van der Waals surface area contributed by atoms with Crippen LogP contribution >= 0.6 is 0 Å². The summed E-state index contributed by atoms with van der Waals surface area (Å²) in [6.07, 6.45) is 4.10. The number of hydrogen-bond donors (Lipinski definition) is 1. The highest BCUT2D eigenvalue weighted by atomic mass is 16.3. The first-order valence-corrected chi connectivity index (χ1v) is 6.78. The third kappa shape index (κ3) is 2.65. The predicted molar refractivity (Wildman–Crippen MR) is 77.2 cm³/mol. The molecule has 3 aromatic rings. The topological polar surface area (TPSA) is 72.4 Å². The van der Waals surface area contributed by atoms with Crippen molar-refractivity contribution < 1.29 is 9.21 Å². The molecule has 0 fully saturated rings. The van der Waals surface area contributed by atoms with Crippen LogP contribution in [0, 0.1) is 13.8 Å². The minimum absolute atomic E-state index is 0.156. The zero-order valence-corrected chi connectivity index (χ0v) is 12.0. The summed E-state index contributed by atoms with van der Waals surface area (Å²) in [5, 5.41) is 2.89. The fourth-order valence-corrected chi connectivity index (χ4v) is 2.27. The molecule has 108 valence electrons. The quantitative estimate of drug-likeness (QED) is 0.794. The minimum atomic E-state index is -0.156. The molecule has 21 heavy (non-hydrogen) atoms. The van der Waals surface area contributed by atoms with Crippen LogP contribution in [0.1, 0.15) is 27.7 Å². The molecule has 0 aliphatic rings. The largest absolute Gasteiger partial charge is 0.466 e. The average Bonchev–Trinajstić information content (AvgIpc) is 3.01. The minimum Gasteiger partial charge on any atom is -0.466 e. The summed E-state index contributed by atoms with van der Waals surface area (Å²) in [6.45, 7) is 4.22. The van der Waals surface area contributed by atoms with Gasteiger partial charge in [0.1, 0.15) is 17.2 Å². The van der Waals surface area contributed by atoms with E-state index in [4.69, 9.17) is 4.42 Å². The van der Waals surface area contributed by atoms with Gasteiger partial charge in [0.25, 0.3) is 5.91 Å². The van der Waals surface area contributed by atoms with E-state index in [-0.39, 0.29) is 5.91 Å². The van der Waals surface area contributed by atoms with Gasteiger partial charge >= 0.3 is 0 Å². The molecule has 3 rings (SSSR count). The lowest BCUT2D eigenvalue weighted by Gasteiger charge is -2.04. The number of imidazole rings is 1. The first-order chi connectivity index (χ1) is 10.1. The van der Waals surface area contributed by atoms with Crippen LogP contribution in [0.2, 0.25) is 0 Å². The second-order valence-corrected chi connectivity index (χ2v) is 4.85. The number of rotatable bonds is 4. The predicted octanol–water partition coefficient (Wildman–Crippen LogP) is 1.91. The van der Waals surface area contributed by atoms with Crippen LogP contribution in [0.5, 0.6) is 0 Å². The third-order valence-electron chi connectivity index (χ3n) is 3.25. The zero-order valence-electron chi connectivity index (χ0n) is 12.0.